The maximum absolute atomic E-state index is 8.98. The minimum absolute atomic E-state index is 0.221. The molecule has 0 aliphatic heterocycles. The lowest BCUT2D eigenvalue weighted by Gasteiger charge is -2.36. The summed E-state index contributed by atoms with van der Waals surface area (Å²) in [7, 11) is 0. The number of aliphatic hydroxyl groups is 1. The predicted molar refractivity (Wildman–Crippen MR) is 65.7 cm³/mol. The largest absolute Gasteiger partial charge is 0.392 e. The molecule has 1 aliphatic carbocycles. The quantitative estimate of drug-likeness (QED) is 0.688. The monoisotopic (exact) mass is 210 g/mol. The van der Waals surface area contributed by atoms with Crippen LogP contribution in [-0.4, -0.2) is 11.7 Å². The lowest BCUT2D eigenvalue weighted by Crippen LogP contribution is -2.25. The van der Waals surface area contributed by atoms with E-state index in [1.165, 1.54) is 25.7 Å². The Labute approximate surface area is 94.6 Å². The summed E-state index contributed by atoms with van der Waals surface area (Å²) < 4.78 is 0. The van der Waals surface area contributed by atoms with E-state index in [4.69, 9.17) is 5.11 Å². The molecule has 1 N–H and O–H groups in total. The van der Waals surface area contributed by atoms with E-state index < -0.39 is 0 Å². The summed E-state index contributed by atoms with van der Waals surface area (Å²) >= 11 is 0. The fraction of sp³-hybridized carbons (Fsp3) is 0.857. The third kappa shape index (κ3) is 3.98. The minimum Gasteiger partial charge on any atom is -0.392 e. The average Bonchev–Trinajstić information content (AvgIpc) is 2.17. The zero-order chi connectivity index (χ0) is 11.5. The SMILES string of the molecule is CC(=CC1CCC(C(C)(C)C)CC1)CO. The zero-order valence-corrected chi connectivity index (χ0v) is 10.7. The van der Waals surface area contributed by atoms with E-state index in [0.717, 1.165) is 17.4 Å². The Morgan fingerprint density at radius 2 is 1.73 bits per heavy atom. The second-order valence-electron chi connectivity index (χ2n) is 6.15. The third-order valence-corrected chi connectivity index (χ3v) is 3.77. The molecule has 88 valence electrons. The second kappa shape index (κ2) is 5.16. The molecule has 1 nitrogen and oxygen atoms in total. The first-order valence-corrected chi connectivity index (χ1v) is 6.21. The Bertz CT molecular complexity index is 214. The van der Waals surface area contributed by atoms with E-state index in [-0.39, 0.29) is 6.61 Å². The van der Waals surface area contributed by atoms with Crippen LogP contribution in [-0.2, 0) is 0 Å². The van der Waals surface area contributed by atoms with Gasteiger partial charge in [0.2, 0.25) is 0 Å². The fourth-order valence-electron chi connectivity index (χ4n) is 2.61. The van der Waals surface area contributed by atoms with Crippen LogP contribution in [0, 0.1) is 17.3 Å². The van der Waals surface area contributed by atoms with Crippen molar-refractivity contribution in [2.24, 2.45) is 17.3 Å². The van der Waals surface area contributed by atoms with Gasteiger partial charge in [-0.05, 0) is 49.9 Å². The highest BCUT2D eigenvalue weighted by molar-refractivity contribution is 5.02. The van der Waals surface area contributed by atoms with Crippen molar-refractivity contribution in [2.75, 3.05) is 6.61 Å². The molecule has 1 aliphatic rings. The Kier molecular flexibility index (Phi) is 4.39. The number of aliphatic hydroxyl groups excluding tert-OH is 1. The van der Waals surface area contributed by atoms with Crippen molar-refractivity contribution in [1.82, 2.24) is 0 Å². The van der Waals surface area contributed by atoms with E-state index in [2.05, 4.69) is 26.8 Å². The lowest BCUT2D eigenvalue weighted by molar-refractivity contribution is 0.162. The normalized spacial score (nSPS) is 29.3. The van der Waals surface area contributed by atoms with Crippen LogP contribution in [0.4, 0.5) is 0 Å². The van der Waals surface area contributed by atoms with Crippen LogP contribution in [0.15, 0.2) is 11.6 Å². The maximum atomic E-state index is 8.98. The summed E-state index contributed by atoms with van der Waals surface area (Å²) in [5, 5.41) is 8.98. The van der Waals surface area contributed by atoms with Crippen LogP contribution in [0.5, 0.6) is 0 Å². The van der Waals surface area contributed by atoms with Crippen molar-refractivity contribution in [3.63, 3.8) is 0 Å². The van der Waals surface area contributed by atoms with Crippen molar-refractivity contribution in [3.8, 4) is 0 Å². The molecule has 1 rings (SSSR count). The summed E-state index contributed by atoms with van der Waals surface area (Å²) in [5.41, 5.74) is 1.61. The van der Waals surface area contributed by atoms with Crippen LogP contribution >= 0.6 is 0 Å². The van der Waals surface area contributed by atoms with Gasteiger partial charge in [0.25, 0.3) is 0 Å². The molecule has 0 unspecified atom stereocenters. The molecule has 0 amide bonds. The van der Waals surface area contributed by atoms with Gasteiger partial charge >= 0.3 is 0 Å². The van der Waals surface area contributed by atoms with Gasteiger partial charge in [-0.25, -0.2) is 0 Å². The molecule has 0 radical (unpaired) electrons. The molecular weight excluding hydrogens is 184 g/mol. The third-order valence-electron chi connectivity index (χ3n) is 3.77. The summed E-state index contributed by atoms with van der Waals surface area (Å²) in [6.07, 6.45) is 7.59. The molecule has 1 saturated carbocycles. The standard InChI is InChI=1S/C14H26O/c1-11(10-15)9-12-5-7-13(8-6-12)14(2,3)4/h9,12-13,15H,5-8,10H2,1-4H3. The molecule has 0 spiro atoms. The zero-order valence-electron chi connectivity index (χ0n) is 10.7. The molecule has 0 atom stereocenters. The van der Waals surface area contributed by atoms with Crippen molar-refractivity contribution in [3.05, 3.63) is 11.6 Å². The van der Waals surface area contributed by atoms with Gasteiger partial charge < -0.3 is 5.11 Å². The molecule has 0 aromatic heterocycles. The first-order valence-electron chi connectivity index (χ1n) is 6.21. The maximum Gasteiger partial charge on any atom is 0.0639 e. The molecule has 0 bridgehead atoms. The first-order chi connectivity index (χ1) is 6.93. The number of rotatable bonds is 2. The molecule has 1 heteroatoms. The van der Waals surface area contributed by atoms with Crippen molar-refractivity contribution in [2.45, 2.75) is 53.4 Å². The topological polar surface area (TPSA) is 20.2 Å². The lowest BCUT2D eigenvalue weighted by atomic mass is 9.69. The van der Waals surface area contributed by atoms with Gasteiger partial charge in [0.05, 0.1) is 6.61 Å². The van der Waals surface area contributed by atoms with Gasteiger partial charge in [-0.3, -0.25) is 0 Å². The van der Waals surface area contributed by atoms with Crippen LogP contribution < -0.4 is 0 Å². The highest BCUT2D eigenvalue weighted by Gasteiger charge is 2.28. The summed E-state index contributed by atoms with van der Waals surface area (Å²) in [5.74, 6) is 1.60. The van der Waals surface area contributed by atoms with E-state index >= 15 is 0 Å². The second-order valence-corrected chi connectivity index (χ2v) is 6.15. The van der Waals surface area contributed by atoms with Crippen LogP contribution in [0.3, 0.4) is 0 Å². The average molecular weight is 210 g/mol. The van der Waals surface area contributed by atoms with Crippen molar-refractivity contribution in [1.29, 1.82) is 0 Å². The van der Waals surface area contributed by atoms with Crippen LogP contribution in [0.25, 0.3) is 0 Å². The molecule has 0 aromatic carbocycles. The van der Waals surface area contributed by atoms with E-state index in [0.29, 0.717) is 5.41 Å². The number of hydrogen-bond acceptors (Lipinski definition) is 1. The van der Waals surface area contributed by atoms with Gasteiger partial charge in [-0.15, -0.1) is 0 Å². The highest BCUT2D eigenvalue weighted by atomic mass is 16.3. The highest BCUT2D eigenvalue weighted by Crippen LogP contribution is 2.40. The van der Waals surface area contributed by atoms with Gasteiger partial charge in [-0.2, -0.15) is 0 Å². The molecule has 1 fully saturated rings. The fourth-order valence-corrected chi connectivity index (χ4v) is 2.61. The summed E-state index contributed by atoms with van der Waals surface area (Å²) in [6, 6.07) is 0. The van der Waals surface area contributed by atoms with Gasteiger partial charge in [0, 0.05) is 0 Å². The molecule has 0 heterocycles. The Morgan fingerprint density at radius 3 is 2.13 bits per heavy atom. The smallest absolute Gasteiger partial charge is 0.0639 e. The minimum atomic E-state index is 0.221. The summed E-state index contributed by atoms with van der Waals surface area (Å²) in [6.45, 7) is 9.31. The number of hydrogen-bond donors (Lipinski definition) is 1. The van der Waals surface area contributed by atoms with Crippen LogP contribution in [0.1, 0.15) is 53.4 Å². The predicted octanol–water partition coefficient (Wildman–Crippen LogP) is 3.78. The summed E-state index contributed by atoms with van der Waals surface area (Å²) in [4.78, 5) is 0. The molecule has 15 heavy (non-hydrogen) atoms. The Hall–Kier alpha value is -0.300. The van der Waals surface area contributed by atoms with E-state index in [9.17, 15) is 0 Å². The number of allylic oxidation sites excluding steroid dienone is 1. The molecule has 0 aromatic rings. The Balaban J connectivity index is 2.43. The van der Waals surface area contributed by atoms with Gasteiger partial charge in [0.15, 0.2) is 0 Å². The molecular formula is C14H26O. The van der Waals surface area contributed by atoms with E-state index in [1.54, 1.807) is 0 Å². The van der Waals surface area contributed by atoms with Crippen molar-refractivity contribution < 1.29 is 5.11 Å². The van der Waals surface area contributed by atoms with Crippen LogP contribution in [0.2, 0.25) is 0 Å². The molecule has 0 saturated heterocycles. The Morgan fingerprint density at radius 1 is 1.20 bits per heavy atom. The van der Waals surface area contributed by atoms with Gasteiger partial charge in [-0.1, -0.05) is 32.4 Å². The van der Waals surface area contributed by atoms with Gasteiger partial charge in [0.1, 0.15) is 0 Å². The van der Waals surface area contributed by atoms with Crippen molar-refractivity contribution >= 4 is 0 Å². The first kappa shape index (κ1) is 12.8. The van der Waals surface area contributed by atoms with E-state index in [1.807, 2.05) is 6.92 Å².